The van der Waals surface area contributed by atoms with Crippen molar-refractivity contribution in [2.45, 2.75) is 124 Å². The van der Waals surface area contributed by atoms with Gasteiger partial charge in [-0.15, -0.1) is 0 Å². The summed E-state index contributed by atoms with van der Waals surface area (Å²) in [7, 11) is 0. The molecule has 0 saturated heterocycles. The van der Waals surface area contributed by atoms with Crippen LogP contribution in [-0.4, -0.2) is 12.6 Å². The first kappa shape index (κ1) is 28.3. The third kappa shape index (κ3) is 13.6. The number of hydrogen-bond acceptors (Lipinski definition) is 1. The molecule has 0 aliphatic rings. The summed E-state index contributed by atoms with van der Waals surface area (Å²) < 4.78 is 0. The van der Waals surface area contributed by atoms with Gasteiger partial charge in [-0.25, -0.2) is 4.79 Å². The van der Waals surface area contributed by atoms with Crippen molar-refractivity contribution in [3.63, 3.8) is 0 Å². The van der Waals surface area contributed by atoms with Gasteiger partial charge in [0.25, 0.3) is 0 Å². The molecule has 0 spiro atoms. The summed E-state index contributed by atoms with van der Waals surface area (Å²) in [5.74, 6) is 0.390. The highest BCUT2D eigenvalue weighted by Gasteiger charge is 2.11. The lowest BCUT2D eigenvalue weighted by Gasteiger charge is -2.16. The Hall–Kier alpha value is -1.77. The second-order valence-electron chi connectivity index (χ2n) is 9.51. The van der Waals surface area contributed by atoms with E-state index in [2.05, 4.69) is 55.7 Å². The van der Waals surface area contributed by atoms with Gasteiger partial charge >= 0.3 is 6.03 Å². The molecule has 32 heavy (non-hydrogen) atoms. The van der Waals surface area contributed by atoms with Crippen molar-refractivity contribution in [2.75, 3.05) is 11.9 Å². The first-order chi connectivity index (χ1) is 15.6. The van der Waals surface area contributed by atoms with Crippen molar-refractivity contribution >= 4 is 11.7 Å². The maximum absolute atomic E-state index is 12.3. The first-order valence-electron chi connectivity index (χ1n) is 13.4. The van der Waals surface area contributed by atoms with Gasteiger partial charge in [0, 0.05) is 12.2 Å². The number of amides is 2. The number of unbranched alkanes of at least 4 members (excludes halogenated alkanes) is 12. The van der Waals surface area contributed by atoms with Crippen LogP contribution in [0.15, 0.2) is 30.4 Å². The number of rotatable bonds is 18. The molecule has 1 rings (SSSR count). The van der Waals surface area contributed by atoms with E-state index in [1.54, 1.807) is 0 Å². The molecule has 1 aromatic rings. The molecule has 3 heteroatoms. The lowest BCUT2D eigenvalue weighted by Crippen LogP contribution is -2.30. The summed E-state index contributed by atoms with van der Waals surface area (Å²) in [4.78, 5) is 12.3. The van der Waals surface area contributed by atoms with Gasteiger partial charge in [-0.1, -0.05) is 109 Å². The molecule has 182 valence electrons. The van der Waals surface area contributed by atoms with Crippen molar-refractivity contribution in [3.05, 3.63) is 41.5 Å². The van der Waals surface area contributed by atoms with Crippen molar-refractivity contribution in [1.82, 2.24) is 5.32 Å². The van der Waals surface area contributed by atoms with Crippen LogP contribution < -0.4 is 10.6 Å². The van der Waals surface area contributed by atoms with Gasteiger partial charge < -0.3 is 10.6 Å². The number of allylic oxidation sites excluding steroid dienone is 2. The molecule has 2 amide bonds. The Bertz CT molecular complexity index is 636. The predicted molar refractivity (Wildman–Crippen MR) is 142 cm³/mol. The summed E-state index contributed by atoms with van der Waals surface area (Å²) in [6, 6.07) is 6.11. The fraction of sp³-hybridized carbons (Fsp3) is 0.690. The first-order valence-corrected chi connectivity index (χ1v) is 13.4. The average Bonchev–Trinajstić information content (AvgIpc) is 2.77. The molecule has 0 aromatic heterocycles. The molecule has 0 fully saturated rings. The van der Waals surface area contributed by atoms with Crippen LogP contribution in [0.4, 0.5) is 10.5 Å². The molecule has 0 radical (unpaired) electrons. The van der Waals surface area contributed by atoms with Crippen LogP contribution in [0.1, 0.15) is 128 Å². The summed E-state index contributed by atoms with van der Waals surface area (Å²) in [5, 5.41) is 6.07. The summed E-state index contributed by atoms with van der Waals surface area (Å²) in [6.07, 6.45) is 23.0. The SMILES string of the molecule is CCCCCCCC/C=C\CCCCCCCCNC(=O)Nc1c(C)cccc1C(C)C. The number of carbonyl (C=O) groups excluding carboxylic acids is 1. The molecule has 0 aliphatic carbocycles. The number of aryl methyl sites for hydroxylation is 1. The van der Waals surface area contributed by atoms with Gasteiger partial charge in [-0.3, -0.25) is 0 Å². The molecule has 0 heterocycles. The van der Waals surface area contributed by atoms with Crippen molar-refractivity contribution < 1.29 is 4.79 Å². The lowest BCUT2D eigenvalue weighted by atomic mass is 9.98. The number of anilines is 1. The van der Waals surface area contributed by atoms with E-state index >= 15 is 0 Å². The standard InChI is InChI=1S/C29H50N2O/c1-5-6-7-8-9-10-11-12-13-14-15-16-17-18-19-20-24-30-29(32)31-28-26(4)22-21-23-27(28)25(2)3/h12-13,21-23,25H,5-11,14-20,24H2,1-4H3,(H2,30,31,32)/b13-12-. The van der Waals surface area contributed by atoms with E-state index in [0.717, 1.165) is 24.2 Å². The largest absolute Gasteiger partial charge is 0.338 e. The maximum atomic E-state index is 12.3. The quantitative estimate of drug-likeness (QED) is 0.172. The molecular formula is C29H50N2O. The zero-order valence-corrected chi connectivity index (χ0v) is 21.5. The monoisotopic (exact) mass is 442 g/mol. The normalized spacial score (nSPS) is 11.4. The predicted octanol–water partition coefficient (Wildman–Crippen LogP) is 9.28. The fourth-order valence-corrected chi connectivity index (χ4v) is 4.07. The van der Waals surface area contributed by atoms with Crippen LogP contribution >= 0.6 is 0 Å². The Morgan fingerprint density at radius 2 is 1.41 bits per heavy atom. The molecule has 0 unspecified atom stereocenters. The van der Waals surface area contributed by atoms with Crippen LogP contribution in [0.2, 0.25) is 0 Å². The minimum absolute atomic E-state index is 0.0889. The van der Waals surface area contributed by atoms with E-state index in [1.165, 1.54) is 89.0 Å². The van der Waals surface area contributed by atoms with Gasteiger partial charge in [-0.2, -0.15) is 0 Å². The second-order valence-corrected chi connectivity index (χ2v) is 9.51. The van der Waals surface area contributed by atoms with Crippen molar-refractivity contribution in [1.29, 1.82) is 0 Å². The highest BCUT2D eigenvalue weighted by atomic mass is 16.2. The van der Waals surface area contributed by atoms with E-state index in [9.17, 15) is 4.79 Å². The third-order valence-electron chi connectivity index (χ3n) is 6.14. The van der Waals surface area contributed by atoms with E-state index in [1.807, 2.05) is 13.0 Å². The molecule has 0 bridgehead atoms. The molecule has 1 aromatic carbocycles. The maximum Gasteiger partial charge on any atom is 0.319 e. The Kier molecular flexibility index (Phi) is 16.6. The van der Waals surface area contributed by atoms with Gasteiger partial charge in [-0.05, 0) is 56.1 Å². The summed E-state index contributed by atoms with van der Waals surface area (Å²) in [5.41, 5.74) is 3.27. The van der Waals surface area contributed by atoms with Gasteiger partial charge in [0.2, 0.25) is 0 Å². The van der Waals surface area contributed by atoms with Gasteiger partial charge in [0.1, 0.15) is 0 Å². The van der Waals surface area contributed by atoms with E-state index in [0.29, 0.717) is 5.92 Å². The molecule has 0 atom stereocenters. The Balaban J connectivity index is 1.97. The van der Waals surface area contributed by atoms with Crippen molar-refractivity contribution in [2.24, 2.45) is 0 Å². The number of nitrogens with one attached hydrogen (secondary N) is 2. The van der Waals surface area contributed by atoms with Crippen molar-refractivity contribution in [3.8, 4) is 0 Å². The minimum atomic E-state index is -0.0889. The topological polar surface area (TPSA) is 41.1 Å². The molecular weight excluding hydrogens is 392 g/mol. The Labute approximate surface area is 198 Å². The number of para-hydroxylation sites is 1. The van der Waals surface area contributed by atoms with E-state index in [4.69, 9.17) is 0 Å². The second kappa shape index (κ2) is 18.8. The van der Waals surface area contributed by atoms with Crippen LogP contribution in [0, 0.1) is 6.92 Å². The highest BCUT2D eigenvalue weighted by molar-refractivity contribution is 5.91. The minimum Gasteiger partial charge on any atom is -0.338 e. The third-order valence-corrected chi connectivity index (χ3v) is 6.14. The van der Waals surface area contributed by atoms with Crippen LogP contribution in [0.3, 0.4) is 0 Å². The summed E-state index contributed by atoms with van der Waals surface area (Å²) >= 11 is 0. The van der Waals surface area contributed by atoms with Crippen LogP contribution in [0.5, 0.6) is 0 Å². The zero-order valence-electron chi connectivity index (χ0n) is 21.5. The Morgan fingerprint density at radius 3 is 2.00 bits per heavy atom. The van der Waals surface area contributed by atoms with Gasteiger partial charge in [0.05, 0.1) is 0 Å². The molecule has 0 saturated carbocycles. The number of hydrogen-bond donors (Lipinski definition) is 2. The smallest absolute Gasteiger partial charge is 0.319 e. The lowest BCUT2D eigenvalue weighted by molar-refractivity contribution is 0.252. The average molecular weight is 443 g/mol. The van der Waals surface area contributed by atoms with Crippen LogP contribution in [-0.2, 0) is 0 Å². The molecule has 0 aliphatic heterocycles. The van der Waals surface area contributed by atoms with E-state index < -0.39 is 0 Å². The van der Waals surface area contributed by atoms with Gasteiger partial charge in [0.15, 0.2) is 0 Å². The van der Waals surface area contributed by atoms with Crippen LogP contribution in [0.25, 0.3) is 0 Å². The fourth-order valence-electron chi connectivity index (χ4n) is 4.07. The number of benzene rings is 1. The van der Waals surface area contributed by atoms with E-state index in [-0.39, 0.29) is 6.03 Å². The highest BCUT2D eigenvalue weighted by Crippen LogP contribution is 2.27. The zero-order chi connectivity index (χ0) is 23.4. The molecule has 3 nitrogen and oxygen atoms in total. The number of carbonyl (C=O) groups is 1. The Morgan fingerprint density at radius 1 is 0.844 bits per heavy atom. The molecule has 2 N–H and O–H groups in total. The number of urea groups is 1. The summed E-state index contributed by atoms with van der Waals surface area (Å²) in [6.45, 7) is 9.38.